The average molecular weight is 828 g/mol. The number of amides is 1. The number of hydrogen-bond acceptors (Lipinski definition) is 10. The van der Waals surface area contributed by atoms with Crippen LogP contribution < -0.4 is 5.32 Å². The zero-order chi connectivity index (χ0) is 42.6. The number of allylic oxidation sites excluding steroid dienone is 4. The first kappa shape index (κ1) is 54.6. The van der Waals surface area contributed by atoms with E-state index in [2.05, 4.69) is 37.4 Å². The van der Waals surface area contributed by atoms with Crippen LogP contribution in [0.4, 0.5) is 0 Å². The molecule has 9 unspecified atom stereocenters. The van der Waals surface area contributed by atoms with E-state index in [4.69, 9.17) is 9.47 Å². The second-order valence-corrected chi connectivity index (χ2v) is 16.8. The second kappa shape index (κ2) is 37.4. The van der Waals surface area contributed by atoms with Gasteiger partial charge in [-0.3, -0.25) is 4.79 Å². The maximum Gasteiger partial charge on any atom is 0.249 e. The first-order chi connectivity index (χ1) is 28.2. The van der Waals surface area contributed by atoms with Crippen LogP contribution in [0.15, 0.2) is 24.3 Å². The fourth-order valence-electron chi connectivity index (χ4n) is 7.52. The van der Waals surface area contributed by atoms with E-state index < -0.39 is 74.2 Å². The molecule has 9 atom stereocenters. The fourth-order valence-corrected chi connectivity index (χ4v) is 7.52. The Morgan fingerprint density at radius 3 is 1.53 bits per heavy atom. The van der Waals surface area contributed by atoms with E-state index in [0.29, 0.717) is 19.3 Å². The number of aliphatic hydroxyl groups excluding tert-OH is 7. The number of aliphatic hydroxyl groups is 7. The minimum absolute atomic E-state index is 0.246. The molecule has 1 saturated heterocycles. The number of nitrogens with one attached hydrogen (secondary N) is 1. The molecular weight excluding hydrogens is 739 g/mol. The minimum atomic E-state index is -1.67. The number of rotatable bonds is 39. The first-order valence-electron chi connectivity index (χ1n) is 23.7. The van der Waals surface area contributed by atoms with Crippen molar-refractivity contribution in [3.63, 3.8) is 0 Å². The summed E-state index contributed by atoms with van der Waals surface area (Å²) >= 11 is 0. The topological polar surface area (TPSA) is 189 Å². The maximum absolute atomic E-state index is 13.1. The van der Waals surface area contributed by atoms with Crippen LogP contribution in [0.2, 0.25) is 0 Å². The van der Waals surface area contributed by atoms with Crippen molar-refractivity contribution in [2.24, 2.45) is 0 Å². The molecule has 1 heterocycles. The normalized spacial score (nSPS) is 22.1. The molecule has 8 N–H and O–H groups in total. The highest BCUT2D eigenvalue weighted by molar-refractivity contribution is 5.80. The molecule has 1 aliphatic rings. The number of carbonyl (C=O) groups is 1. The summed E-state index contributed by atoms with van der Waals surface area (Å²) in [5.41, 5.74) is 0. The van der Waals surface area contributed by atoms with E-state index in [1.807, 2.05) is 6.08 Å². The van der Waals surface area contributed by atoms with Gasteiger partial charge in [-0.25, -0.2) is 0 Å². The Hall–Kier alpha value is -1.41. The van der Waals surface area contributed by atoms with E-state index in [-0.39, 0.29) is 12.8 Å². The van der Waals surface area contributed by atoms with Gasteiger partial charge in [-0.05, 0) is 44.9 Å². The van der Waals surface area contributed by atoms with E-state index in [1.54, 1.807) is 0 Å². The number of ether oxygens (including phenoxy) is 2. The van der Waals surface area contributed by atoms with Crippen LogP contribution in [0, 0.1) is 0 Å². The highest BCUT2D eigenvalue weighted by Gasteiger charge is 2.44. The third-order valence-electron chi connectivity index (χ3n) is 11.5. The second-order valence-electron chi connectivity index (χ2n) is 16.8. The lowest BCUT2D eigenvalue weighted by molar-refractivity contribution is -0.303. The largest absolute Gasteiger partial charge is 0.394 e. The van der Waals surface area contributed by atoms with Crippen LogP contribution in [-0.4, -0.2) is 110 Å². The lowest BCUT2D eigenvalue weighted by Gasteiger charge is -2.40. The Kier molecular flexibility index (Phi) is 35.2. The molecule has 0 spiro atoms. The molecule has 11 nitrogen and oxygen atoms in total. The predicted octanol–water partition coefficient (Wildman–Crippen LogP) is 7.84. The molecule has 0 bridgehead atoms. The van der Waals surface area contributed by atoms with Crippen LogP contribution in [0.5, 0.6) is 0 Å². The summed E-state index contributed by atoms with van der Waals surface area (Å²) in [6.07, 6.45) is 29.6. The maximum atomic E-state index is 13.1. The van der Waals surface area contributed by atoms with Gasteiger partial charge in [-0.1, -0.05) is 179 Å². The standard InChI is InChI=1S/C47H89NO10/c1-3-5-7-9-11-13-15-16-17-18-19-20-21-22-23-24-25-27-29-31-33-35-40(51)46(56)48-38(37-57-47-45(55)44(54)43(53)41(36-49)58-47)42(52)39(50)34-32-30-28-26-14-12-10-8-6-4-2/h8,10,26,28,38-45,47,49-55H,3-7,9,11-25,27,29-37H2,1-2H3,(H,48,56)/b10-8+,28-26+. The van der Waals surface area contributed by atoms with Crippen LogP contribution in [0.25, 0.3) is 0 Å². The Bertz CT molecular complexity index is 997. The van der Waals surface area contributed by atoms with Crippen LogP contribution >= 0.6 is 0 Å². The molecule has 11 heteroatoms. The highest BCUT2D eigenvalue weighted by atomic mass is 16.7. The Labute approximate surface area is 353 Å². The van der Waals surface area contributed by atoms with Crippen molar-refractivity contribution in [3.8, 4) is 0 Å². The lowest BCUT2D eigenvalue weighted by Crippen LogP contribution is -2.60. The van der Waals surface area contributed by atoms with Crippen molar-refractivity contribution in [2.75, 3.05) is 13.2 Å². The molecule has 1 fully saturated rings. The fraction of sp³-hybridized carbons (Fsp3) is 0.894. The molecule has 0 saturated carbocycles. The number of hydrogen-bond donors (Lipinski definition) is 8. The molecule has 1 aliphatic heterocycles. The molecule has 0 aromatic rings. The summed E-state index contributed by atoms with van der Waals surface area (Å²) in [4.78, 5) is 13.1. The quantitative estimate of drug-likeness (QED) is 0.0224. The molecule has 0 aliphatic carbocycles. The molecule has 0 aromatic heterocycles. The van der Waals surface area contributed by atoms with Crippen LogP contribution in [-0.2, 0) is 14.3 Å². The van der Waals surface area contributed by atoms with Gasteiger partial charge >= 0.3 is 0 Å². The molecule has 342 valence electrons. The van der Waals surface area contributed by atoms with Gasteiger partial charge in [0.2, 0.25) is 5.91 Å². The third kappa shape index (κ3) is 26.7. The summed E-state index contributed by atoms with van der Waals surface area (Å²) in [6, 6.07) is -1.19. The summed E-state index contributed by atoms with van der Waals surface area (Å²) < 4.78 is 11.0. The molecule has 0 aromatic carbocycles. The number of unbranched alkanes of at least 4 members (excludes halogenated alkanes) is 23. The Balaban J connectivity index is 2.37. The molecule has 1 amide bonds. The van der Waals surface area contributed by atoms with Gasteiger partial charge in [-0.15, -0.1) is 0 Å². The zero-order valence-corrected chi connectivity index (χ0v) is 36.8. The first-order valence-corrected chi connectivity index (χ1v) is 23.7. The predicted molar refractivity (Wildman–Crippen MR) is 233 cm³/mol. The number of carbonyl (C=O) groups excluding carboxylic acids is 1. The average Bonchev–Trinajstić information content (AvgIpc) is 3.22. The molecule has 1 rings (SSSR count). The summed E-state index contributed by atoms with van der Waals surface area (Å²) in [5.74, 6) is -0.710. The van der Waals surface area contributed by atoms with Gasteiger partial charge in [0.25, 0.3) is 0 Å². The van der Waals surface area contributed by atoms with Crippen molar-refractivity contribution in [1.29, 1.82) is 0 Å². The molecule has 0 radical (unpaired) electrons. The van der Waals surface area contributed by atoms with Gasteiger partial charge in [0, 0.05) is 0 Å². The Morgan fingerprint density at radius 1 is 0.586 bits per heavy atom. The van der Waals surface area contributed by atoms with E-state index in [1.165, 1.54) is 109 Å². The highest BCUT2D eigenvalue weighted by Crippen LogP contribution is 2.23. The van der Waals surface area contributed by atoms with Crippen molar-refractivity contribution in [2.45, 2.75) is 255 Å². The van der Waals surface area contributed by atoms with Crippen molar-refractivity contribution in [1.82, 2.24) is 5.32 Å². The van der Waals surface area contributed by atoms with Gasteiger partial charge < -0.3 is 50.5 Å². The van der Waals surface area contributed by atoms with Crippen molar-refractivity contribution in [3.05, 3.63) is 24.3 Å². The Morgan fingerprint density at radius 2 is 1.05 bits per heavy atom. The molecular formula is C47H89NO10. The van der Waals surface area contributed by atoms with Gasteiger partial charge in [-0.2, -0.15) is 0 Å². The summed E-state index contributed by atoms with van der Waals surface area (Å²) in [7, 11) is 0. The smallest absolute Gasteiger partial charge is 0.249 e. The summed E-state index contributed by atoms with van der Waals surface area (Å²) in [5, 5.41) is 75.5. The summed E-state index contributed by atoms with van der Waals surface area (Å²) in [6.45, 7) is 3.34. The SMILES string of the molecule is CCC/C=C/CC/C=C/CCCC(O)C(O)C(COC1OC(CO)C(O)C(O)C1O)NC(=O)C(O)CCCCCCCCCCCCCCCCCCCCCCC. The van der Waals surface area contributed by atoms with Crippen molar-refractivity contribution < 1.29 is 50.0 Å². The lowest BCUT2D eigenvalue weighted by atomic mass is 9.98. The van der Waals surface area contributed by atoms with Gasteiger partial charge in [0.05, 0.1) is 25.4 Å². The van der Waals surface area contributed by atoms with E-state index in [0.717, 1.165) is 44.9 Å². The van der Waals surface area contributed by atoms with E-state index >= 15 is 0 Å². The zero-order valence-electron chi connectivity index (χ0n) is 36.8. The van der Waals surface area contributed by atoms with Gasteiger partial charge in [0.1, 0.15) is 36.6 Å². The molecule has 58 heavy (non-hydrogen) atoms. The van der Waals surface area contributed by atoms with E-state index in [9.17, 15) is 40.5 Å². The van der Waals surface area contributed by atoms with Crippen molar-refractivity contribution >= 4 is 5.91 Å². The minimum Gasteiger partial charge on any atom is -0.394 e. The van der Waals surface area contributed by atoms with Crippen LogP contribution in [0.3, 0.4) is 0 Å². The third-order valence-corrected chi connectivity index (χ3v) is 11.5. The van der Waals surface area contributed by atoms with Crippen LogP contribution in [0.1, 0.15) is 200 Å². The van der Waals surface area contributed by atoms with Gasteiger partial charge in [0.15, 0.2) is 6.29 Å². The monoisotopic (exact) mass is 828 g/mol.